The molecule has 0 N–H and O–H groups in total. The molecule has 0 bridgehead atoms. The van der Waals surface area contributed by atoms with Gasteiger partial charge in [0.15, 0.2) is 6.10 Å². The van der Waals surface area contributed by atoms with Crippen LogP contribution in [0.15, 0.2) is 146 Å². The molecule has 0 saturated heterocycles. The first kappa shape index (κ1) is 68.3. The molecule has 0 radical (unpaired) electrons. The molecule has 410 valence electrons. The number of rotatable bonds is 51. The lowest BCUT2D eigenvalue weighted by Crippen LogP contribution is -2.30. The molecule has 0 heterocycles. The highest BCUT2D eigenvalue weighted by molar-refractivity contribution is 5.71. The van der Waals surface area contributed by atoms with Crippen LogP contribution in [0.5, 0.6) is 0 Å². The van der Waals surface area contributed by atoms with Crippen molar-refractivity contribution in [1.82, 2.24) is 0 Å². The van der Waals surface area contributed by atoms with E-state index in [9.17, 15) is 14.4 Å². The lowest BCUT2D eigenvalue weighted by atomic mass is 10.1. The van der Waals surface area contributed by atoms with Gasteiger partial charge in [-0.3, -0.25) is 14.4 Å². The Bertz CT molecular complexity index is 1630. The summed E-state index contributed by atoms with van der Waals surface area (Å²) in [6.07, 6.45) is 85.6. The zero-order valence-corrected chi connectivity index (χ0v) is 46.8. The van der Waals surface area contributed by atoms with Crippen LogP contribution in [0.2, 0.25) is 0 Å². The molecule has 0 aromatic rings. The third kappa shape index (κ3) is 58.1. The fraction of sp³-hybridized carbons (Fsp3) is 0.597. The Hall–Kier alpha value is -4.71. The van der Waals surface area contributed by atoms with Crippen LogP contribution in [0.1, 0.15) is 239 Å². The number of hydrogen-bond acceptors (Lipinski definition) is 6. The second kappa shape index (κ2) is 59.8. The summed E-state index contributed by atoms with van der Waals surface area (Å²) in [6.45, 7) is 6.33. The molecule has 0 aromatic heterocycles. The summed E-state index contributed by atoms with van der Waals surface area (Å²) in [5, 5.41) is 0. The quantitative estimate of drug-likeness (QED) is 0.0261. The van der Waals surface area contributed by atoms with Gasteiger partial charge < -0.3 is 14.2 Å². The molecule has 0 aliphatic rings. The molecule has 0 saturated carbocycles. The predicted octanol–water partition coefficient (Wildman–Crippen LogP) is 20.0. The molecule has 1 unspecified atom stereocenters. The van der Waals surface area contributed by atoms with E-state index in [1.807, 2.05) is 0 Å². The third-order valence-electron chi connectivity index (χ3n) is 11.8. The summed E-state index contributed by atoms with van der Waals surface area (Å²) < 4.78 is 16.8. The smallest absolute Gasteiger partial charge is 0.306 e. The number of carbonyl (C=O) groups is 3. The highest BCUT2D eigenvalue weighted by Crippen LogP contribution is 2.13. The molecule has 73 heavy (non-hydrogen) atoms. The van der Waals surface area contributed by atoms with Crippen LogP contribution in [-0.4, -0.2) is 37.2 Å². The first-order valence-electron chi connectivity index (χ1n) is 29.3. The highest BCUT2D eigenvalue weighted by atomic mass is 16.6. The van der Waals surface area contributed by atoms with Gasteiger partial charge in [0.05, 0.1) is 0 Å². The molecular weight excluding hydrogens is 901 g/mol. The largest absolute Gasteiger partial charge is 0.462 e. The van der Waals surface area contributed by atoms with E-state index in [-0.39, 0.29) is 31.1 Å². The van der Waals surface area contributed by atoms with Gasteiger partial charge in [-0.05, 0) is 122 Å². The van der Waals surface area contributed by atoms with Crippen molar-refractivity contribution in [1.29, 1.82) is 0 Å². The number of esters is 3. The first-order valence-corrected chi connectivity index (χ1v) is 29.3. The molecule has 6 heteroatoms. The van der Waals surface area contributed by atoms with Crippen LogP contribution in [0.3, 0.4) is 0 Å². The van der Waals surface area contributed by atoms with Crippen LogP contribution in [-0.2, 0) is 28.6 Å². The number of unbranched alkanes of at least 4 members (excludes halogenated alkanes) is 16. The van der Waals surface area contributed by atoms with Crippen molar-refractivity contribution in [2.75, 3.05) is 13.2 Å². The molecular formula is C67H106O6. The van der Waals surface area contributed by atoms with Crippen LogP contribution in [0.4, 0.5) is 0 Å². The van der Waals surface area contributed by atoms with Gasteiger partial charge in [0, 0.05) is 19.3 Å². The summed E-state index contributed by atoms with van der Waals surface area (Å²) in [5.74, 6) is -0.963. The Morgan fingerprint density at radius 2 is 0.534 bits per heavy atom. The van der Waals surface area contributed by atoms with E-state index in [4.69, 9.17) is 14.2 Å². The standard InChI is InChI=1S/C67H106O6/c1-4-7-10-13-16-19-21-23-25-27-29-31-32-33-34-36-37-39-41-43-45-48-51-54-57-60-66(69)72-63-64(62-71-65(68)59-56-53-50-47-18-15-12-9-6-3)73-67(70)61-58-55-52-49-46-44-42-40-38-35-30-28-26-24-22-20-17-14-11-8-5-2/h7-8,10-11,16-17,19-20,23-26,29-31,33-35,37,39-40,42-43,45,64H,4-6,9,12-15,18,21-22,27-28,32,36,38,41,44,46-63H2,1-3H3/b10-7-,11-8-,19-16-,20-17-,25-23-,26-24-,31-29-,34-33-,35-30-,39-37-,42-40-,45-43-. The molecule has 0 fully saturated rings. The zero-order valence-electron chi connectivity index (χ0n) is 46.8. The maximum atomic E-state index is 12.8. The SMILES string of the molecule is CC/C=C\C/C=C\C/C=C\C/C=C\C/C=C\C/C=C\C/C=C\CCCCCC(=O)OCC(COC(=O)CCCCCCCCCCC)OC(=O)CCCCCCC/C=C\C/C=C\C/C=C\C/C=C\C/C=C\CC. The second-order valence-corrected chi connectivity index (χ2v) is 18.8. The van der Waals surface area contributed by atoms with Crippen molar-refractivity contribution in [2.45, 2.75) is 245 Å². The minimum Gasteiger partial charge on any atom is -0.462 e. The van der Waals surface area contributed by atoms with Gasteiger partial charge in [-0.2, -0.15) is 0 Å². The average molecular weight is 1010 g/mol. The van der Waals surface area contributed by atoms with Gasteiger partial charge >= 0.3 is 17.9 Å². The van der Waals surface area contributed by atoms with Crippen LogP contribution >= 0.6 is 0 Å². The van der Waals surface area contributed by atoms with E-state index in [2.05, 4.69) is 167 Å². The maximum Gasteiger partial charge on any atom is 0.306 e. The molecule has 0 aliphatic carbocycles. The highest BCUT2D eigenvalue weighted by Gasteiger charge is 2.19. The topological polar surface area (TPSA) is 78.9 Å². The molecule has 1 atom stereocenters. The molecule has 0 spiro atoms. The molecule has 0 amide bonds. The Morgan fingerprint density at radius 3 is 0.849 bits per heavy atom. The second-order valence-electron chi connectivity index (χ2n) is 18.8. The van der Waals surface area contributed by atoms with E-state index >= 15 is 0 Å². The molecule has 0 aliphatic heterocycles. The maximum absolute atomic E-state index is 12.8. The first-order chi connectivity index (χ1) is 36.0. The number of allylic oxidation sites excluding steroid dienone is 24. The Kier molecular flexibility index (Phi) is 56.0. The predicted molar refractivity (Wildman–Crippen MR) is 315 cm³/mol. The number of carbonyl (C=O) groups excluding carboxylic acids is 3. The van der Waals surface area contributed by atoms with Crippen molar-refractivity contribution < 1.29 is 28.6 Å². The molecule has 0 aromatic carbocycles. The van der Waals surface area contributed by atoms with Crippen LogP contribution in [0.25, 0.3) is 0 Å². The summed E-state index contributed by atoms with van der Waals surface area (Å²) in [5.41, 5.74) is 0. The van der Waals surface area contributed by atoms with Crippen LogP contribution < -0.4 is 0 Å². The summed E-state index contributed by atoms with van der Waals surface area (Å²) in [4.78, 5) is 38.1. The average Bonchev–Trinajstić information content (AvgIpc) is 3.39. The van der Waals surface area contributed by atoms with Gasteiger partial charge in [0.1, 0.15) is 13.2 Å². The van der Waals surface area contributed by atoms with Gasteiger partial charge in [-0.25, -0.2) is 0 Å². The minimum atomic E-state index is -0.807. The lowest BCUT2D eigenvalue weighted by Gasteiger charge is -2.18. The van der Waals surface area contributed by atoms with E-state index in [1.165, 1.54) is 38.5 Å². The van der Waals surface area contributed by atoms with E-state index in [1.54, 1.807) is 0 Å². The monoisotopic (exact) mass is 1010 g/mol. The van der Waals surface area contributed by atoms with Crippen LogP contribution in [0, 0.1) is 0 Å². The molecule has 0 rings (SSSR count). The van der Waals surface area contributed by atoms with Crippen molar-refractivity contribution in [3.8, 4) is 0 Å². The van der Waals surface area contributed by atoms with Gasteiger partial charge in [-0.1, -0.05) is 244 Å². The van der Waals surface area contributed by atoms with E-state index in [0.717, 1.165) is 161 Å². The fourth-order valence-corrected chi connectivity index (χ4v) is 7.51. The van der Waals surface area contributed by atoms with Gasteiger partial charge in [0.2, 0.25) is 0 Å². The summed E-state index contributed by atoms with van der Waals surface area (Å²) >= 11 is 0. The lowest BCUT2D eigenvalue weighted by molar-refractivity contribution is -0.167. The Labute approximate surface area is 448 Å². The van der Waals surface area contributed by atoms with E-state index in [0.29, 0.717) is 19.3 Å². The minimum absolute atomic E-state index is 0.101. The Balaban J connectivity index is 4.41. The van der Waals surface area contributed by atoms with Gasteiger partial charge in [-0.15, -0.1) is 0 Å². The number of hydrogen-bond donors (Lipinski definition) is 0. The van der Waals surface area contributed by atoms with Crippen molar-refractivity contribution in [2.24, 2.45) is 0 Å². The molecule has 6 nitrogen and oxygen atoms in total. The fourth-order valence-electron chi connectivity index (χ4n) is 7.51. The third-order valence-corrected chi connectivity index (χ3v) is 11.8. The summed E-state index contributed by atoms with van der Waals surface area (Å²) in [7, 11) is 0. The Morgan fingerprint density at radius 1 is 0.288 bits per heavy atom. The van der Waals surface area contributed by atoms with Crippen molar-refractivity contribution in [3.05, 3.63) is 146 Å². The van der Waals surface area contributed by atoms with Gasteiger partial charge in [0.25, 0.3) is 0 Å². The number of ether oxygens (including phenoxy) is 3. The van der Waals surface area contributed by atoms with E-state index < -0.39 is 6.10 Å². The summed E-state index contributed by atoms with van der Waals surface area (Å²) in [6, 6.07) is 0. The zero-order chi connectivity index (χ0) is 52.9. The van der Waals surface area contributed by atoms with Crippen molar-refractivity contribution in [3.63, 3.8) is 0 Å². The van der Waals surface area contributed by atoms with Crippen molar-refractivity contribution >= 4 is 17.9 Å². The normalized spacial score (nSPS) is 13.2.